The molecule has 24 heavy (non-hydrogen) atoms. The van der Waals surface area contributed by atoms with Crippen LogP contribution < -0.4 is 5.32 Å². The van der Waals surface area contributed by atoms with Crippen LogP contribution in [0, 0.1) is 6.92 Å². The Labute approximate surface area is 140 Å². The van der Waals surface area contributed by atoms with E-state index in [2.05, 4.69) is 25.0 Å². The zero-order chi connectivity index (χ0) is 17.5. The van der Waals surface area contributed by atoms with E-state index in [1.165, 1.54) is 7.11 Å². The van der Waals surface area contributed by atoms with Crippen molar-refractivity contribution >= 4 is 11.9 Å². The largest absolute Gasteiger partial charge is 0.469 e. The van der Waals surface area contributed by atoms with Crippen molar-refractivity contribution < 1.29 is 14.3 Å². The second-order valence-corrected chi connectivity index (χ2v) is 5.34. The molecular weight excluding hydrogens is 308 g/mol. The molecule has 0 aliphatic carbocycles. The summed E-state index contributed by atoms with van der Waals surface area (Å²) in [6, 6.07) is 3.43. The van der Waals surface area contributed by atoms with Crippen LogP contribution in [0.1, 0.15) is 37.1 Å². The molecule has 0 spiro atoms. The molecule has 0 aromatic carbocycles. The number of methoxy groups -OCH3 is 1. The lowest BCUT2D eigenvalue weighted by molar-refractivity contribution is -0.142. The summed E-state index contributed by atoms with van der Waals surface area (Å²) in [7, 11) is 1.30. The highest BCUT2D eigenvalue weighted by atomic mass is 16.5. The van der Waals surface area contributed by atoms with E-state index in [1.807, 2.05) is 26.0 Å². The Kier molecular flexibility index (Phi) is 5.95. The van der Waals surface area contributed by atoms with E-state index in [0.29, 0.717) is 5.82 Å². The van der Waals surface area contributed by atoms with Gasteiger partial charge in [0.15, 0.2) is 5.82 Å². The minimum atomic E-state index is -0.404. The third kappa shape index (κ3) is 4.58. The average molecular weight is 328 g/mol. The van der Waals surface area contributed by atoms with E-state index in [-0.39, 0.29) is 24.8 Å². The van der Waals surface area contributed by atoms with Gasteiger partial charge in [0.1, 0.15) is 0 Å². The zero-order valence-electron chi connectivity index (χ0n) is 13.9. The summed E-state index contributed by atoms with van der Waals surface area (Å²) in [6.07, 6.45) is 5.24. The van der Waals surface area contributed by atoms with Crippen molar-refractivity contribution in [1.82, 2.24) is 20.3 Å². The molecule has 0 radical (unpaired) electrons. The summed E-state index contributed by atoms with van der Waals surface area (Å²) in [4.78, 5) is 35.8. The molecular formula is C17H20N4O3. The van der Waals surface area contributed by atoms with Crippen molar-refractivity contribution in [3.05, 3.63) is 42.0 Å². The quantitative estimate of drug-likeness (QED) is 0.815. The van der Waals surface area contributed by atoms with Gasteiger partial charge in [-0.3, -0.25) is 14.6 Å². The first kappa shape index (κ1) is 17.5. The molecule has 0 saturated carbocycles. The van der Waals surface area contributed by atoms with Gasteiger partial charge in [-0.2, -0.15) is 0 Å². The molecule has 0 bridgehead atoms. The van der Waals surface area contributed by atoms with E-state index >= 15 is 0 Å². The number of carbonyl (C=O) groups excluding carboxylic acids is 2. The number of esters is 1. The molecule has 2 rings (SSSR count). The van der Waals surface area contributed by atoms with Crippen LogP contribution in [0.4, 0.5) is 0 Å². The first-order valence-corrected chi connectivity index (χ1v) is 7.61. The predicted octanol–water partition coefficient (Wildman–Crippen LogP) is 1.98. The molecule has 126 valence electrons. The third-order valence-corrected chi connectivity index (χ3v) is 3.58. The van der Waals surface area contributed by atoms with Crippen molar-refractivity contribution in [2.75, 3.05) is 7.11 Å². The molecule has 1 amide bonds. The fourth-order valence-electron chi connectivity index (χ4n) is 2.25. The van der Waals surface area contributed by atoms with Crippen LogP contribution >= 0.6 is 0 Å². The van der Waals surface area contributed by atoms with Gasteiger partial charge >= 0.3 is 5.97 Å². The minimum Gasteiger partial charge on any atom is -0.469 e. The zero-order valence-corrected chi connectivity index (χ0v) is 13.9. The standard InChI is InChI=1S/C17H20N4O3/c1-11(20-15(22)4-5-16(23)24-3)14-10-19-17(21-12(14)2)13-6-8-18-9-7-13/h6-11H,4-5H2,1-3H3,(H,20,22)/t11-/m0/s1. The molecule has 0 aliphatic heterocycles. The Balaban J connectivity index is 2.03. The number of amides is 1. The van der Waals surface area contributed by atoms with Crippen molar-refractivity contribution in [1.29, 1.82) is 0 Å². The molecule has 2 aromatic heterocycles. The van der Waals surface area contributed by atoms with Crippen LogP contribution in [0.15, 0.2) is 30.7 Å². The van der Waals surface area contributed by atoms with Crippen molar-refractivity contribution in [3.8, 4) is 11.4 Å². The third-order valence-electron chi connectivity index (χ3n) is 3.58. The topological polar surface area (TPSA) is 94.1 Å². The van der Waals surface area contributed by atoms with E-state index in [9.17, 15) is 9.59 Å². The normalized spacial score (nSPS) is 11.6. The molecule has 0 unspecified atom stereocenters. The van der Waals surface area contributed by atoms with E-state index in [1.54, 1.807) is 18.6 Å². The average Bonchev–Trinajstić information content (AvgIpc) is 2.60. The van der Waals surface area contributed by atoms with Crippen molar-refractivity contribution in [3.63, 3.8) is 0 Å². The Hall–Kier alpha value is -2.83. The minimum absolute atomic E-state index is 0.0610. The van der Waals surface area contributed by atoms with Crippen molar-refractivity contribution in [2.24, 2.45) is 0 Å². The molecule has 7 nitrogen and oxygen atoms in total. The second kappa shape index (κ2) is 8.14. The van der Waals surface area contributed by atoms with Gasteiger partial charge in [-0.15, -0.1) is 0 Å². The molecule has 1 N–H and O–H groups in total. The molecule has 0 aliphatic rings. The summed E-state index contributed by atoms with van der Waals surface area (Å²) in [5.74, 6) is -0.00704. The fraction of sp³-hybridized carbons (Fsp3) is 0.353. The molecule has 2 aromatic rings. The lowest BCUT2D eigenvalue weighted by Crippen LogP contribution is -2.27. The first-order valence-electron chi connectivity index (χ1n) is 7.61. The lowest BCUT2D eigenvalue weighted by atomic mass is 10.1. The fourth-order valence-corrected chi connectivity index (χ4v) is 2.25. The maximum absolute atomic E-state index is 11.9. The van der Waals surface area contributed by atoms with Crippen LogP contribution in [0.25, 0.3) is 11.4 Å². The SMILES string of the molecule is COC(=O)CCC(=O)N[C@@H](C)c1cnc(-c2ccncc2)nc1C. The van der Waals surface area contributed by atoms with Crippen LogP contribution in [0.5, 0.6) is 0 Å². The number of hydrogen-bond acceptors (Lipinski definition) is 6. The summed E-state index contributed by atoms with van der Waals surface area (Å²) >= 11 is 0. The Bertz CT molecular complexity index is 719. The highest BCUT2D eigenvalue weighted by Crippen LogP contribution is 2.19. The first-order chi connectivity index (χ1) is 11.5. The van der Waals surface area contributed by atoms with Gasteiger partial charge in [-0.25, -0.2) is 9.97 Å². The van der Waals surface area contributed by atoms with Crippen LogP contribution in [0.3, 0.4) is 0 Å². The number of ether oxygens (including phenoxy) is 1. The van der Waals surface area contributed by atoms with E-state index in [0.717, 1.165) is 16.8 Å². The van der Waals surface area contributed by atoms with Gasteiger partial charge in [0.05, 0.1) is 19.6 Å². The summed E-state index contributed by atoms with van der Waals surface area (Å²) in [5, 5.41) is 2.84. The number of carbonyl (C=O) groups is 2. The molecule has 7 heteroatoms. The Morgan fingerprint density at radius 1 is 1.25 bits per heavy atom. The Morgan fingerprint density at radius 2 is 1.96 bits per heavy atom. The van der Waals surface area contributed by atoms with Gasteiger partial charge in [-0.05, 0) is 26.0 Å². The summed E-state index contributed by atoms with van der Waals surface area (Å²) in [5.41, 5.74) is 2.51. The molecule has 0 saturated heterocycles. The van der Waals surface area contributed by atoms with Gasteiger partial charge in [0.25, 0.3) is 0 Å². The lowest BCUT2D eigenvalue weighted by Gasteiger charge is -2.16. The number of aryl methyl sites for hydroxylation is 1. The Morgan fingerprint density at radius 3 is 2.58 bits per heavy atom. The summed E-state index contributed by atoms with van der Waals surface area (Å²) < 4.78 is 4.52. The maximum atomic E-state index is 11.9. The van der Waals surface area contributed by atoms with Crippen molar-refractivity contribution in [2.45, 2.75) is 32.7 Å². The number of rotatable bonds is 6. The van der Waals surface area contributed by atoms with Gasteiger partial charge in [0.2, 0.25) is 5.91 Å². The molecule has 0 fully saturated rings. The number of pyridine rings is 1. The number of hydrogen-bond donors (Lipinski definition) is 1. The number of nitrogens with zero attached hydrogens (tertiary/aromatic N) is 3. The van der Waals surface area contributed by atoms with Crippen LogP contribution in [0.2, 0.25) is 0 Å². The smallest absolute Gasteiger partial charge is 0.306 e. The molecule has 1 atom stereocenters. The van der Waals surface area contributed by atoms with Gasteiger partial charge in [-0.1, -0.05) is 0 Å². The maximum Gasteiger partial charge on any atom is 0.306 e. The highest BCUT2D eigenvalue weighted by Gasteiger charge is 2.15. The number of aromatic nitrogens is 3. The van der Waals surface area contributed by atoms with E-state index in [4.69, 9.17) is 0 Å². The van der Waals surface area contributed by atoms with E-state index < -0.39 is 5.97 Å². The number of nitrogens with one attached hydrogen (secondary N) is 1. The van der Waals surface area contributed by atoms with Crippen LogP contribution in [-0.2, 0) is 14.3 Å². The summed E-state index contributed by atoms with van der Waals surface area (Å²) in [6.45, 7) is 3.73. The monoisotopic (exact) mass is 328 g/mol. The van der Waals surface area contributed by atoms with Gasteiger partial charge in [0, 0.05) is 41.8 Å². The predicted molar refractivity (Wildman–Crippen MR) is 87.8 cm³/mol. The van der Waals surface area contributed by atoms with Crippen LogP contribution in [-0.4, -0.2) is 33.9 Å². The van der Waals surface area contributed by atoms with Gasteiger partial charge < -0.3 is 10.1 Å². The second-order valence-electron chi connectivity index (χ2n) is 5.34. The molecule has 2 heterocycles. The highest BCUT2D eigenvalue weighted by molar-refractivity contribution is 5.81.